The molecular formula is C14H19FN2O. The largest absolute Gasteiger partial charge is 0.336 e. The number of hydrogen-bond acceptors (Lipinski definition) is 2. The van der Waals surface area contributed by atoms with Gasteiger partial charge >= 0.3 is 0 Å². The first-order valence-electron chi connectivity index (χ1n) is 6.19. The molecule has 1 aromatic rings. The fourth-order valence-electron chi connectivity index (χ4n) is 2.61. The Morgan fingerprint density at radius 1 is 1.44 bits per heavy atom. The molecule has 0 radical (unpaired) electrons. The van der Waals surface area contributed by atoms with Gasteiger partial charge in [-0.3, -0.25) is 4.79 Å². The Labute approximate surface area is 107 Å². The van der Waals surface area contributed by atoms with E-state index in [9.17, 15) is 9.18 Å². The Hall–Kier alpha value is -1.42. The molecule has 1 saturated heterocycles. The van der Waals surface area contributed by atoms with Gasteiger partial charge in [0.1, 0.15) is 5.82 Å². The van der Waals surface area contributed by atoms with E-state index in [0.717, 1.165) is 12.0 Å². The number of benzene rings is 1. The van der Waals surface area contributed by atoms with Crippen molar-refractivity contribution < 1.29 is 9.18 Å². The monoisotopic (exact) mass is 250 g/mol. The molecule has 2 rings (SSSR count). The third-order valence-corrected chi connectivity index (χ3v) is 3.48. The van der Waals surface area contributed by atoms with Crippen molar-refractivity contribution in [3.63, 3.8) is 0 Å². The minimum atomic E-state index is -0.283. The van der Waals surface area contributed by atoms with Crippen LogP contribution in [0.4, 0.5) is 4.39 Å². The maximum atomic E-state index is 12.8. The van der Waals surface area contributed by atoms with E-state index in [0.29, 0.717) is 13.0 Å². The second kappa shape index (κ2) is 4.69. The molecule has 1 aliphatic rings. The summed E-state index contributed by atoms with van der Waals surface area (Å²) in [5, 5.41) is 0. The van der Waals surface area contributed by atoms with Crippen molar-refractivity contribution >= 4 is 5.91 Å². The van der Waals surface area contributed by atoms with Crippen molar-refractivity contribution in [1.82, 2.24) is 4.90 Å². The summed E-state index contributed by atoms with van der Waals surface area (Å²) in [4.78, 5) is 14.1. The van der Waals surface area contributed by atoms with Gasteiger partial charge in [-0.25, -0.2) is 4.39 Å². The van der Waals surface area contributed by atoms with Gasteiger partial charge in [-0.1, -0.05) is 12.1 Å². The zero-order valence-electron chi connectivity index (χ0n) is 10.8. The number of nitrogens with zero attached hydrogens (tertiary/aromatic N) is 1. The van der Waals surface area contributed by atoms with Crippen LogP contribution in [0.25, 0.3) is 0 Å². The number of halogens is 1. The second-order valence-corrected chi connectivity index (χ2v) is 5.58. The van der Waals surface area contributed by atoms with Crippen LogP contribution in [0, 0.1) is 5.82 Å². The van der Waals surface area contributed by atoms with Crippen molar-refractivity contribution in [2.75, 3.05) is 6.54 Å². The standard InChI is InChI=1S/C14H19FN2O/c1-14(2)8-12(16)9-17(14)13(18)7-10-3-5-11(15)6-4-10/h3-6,12H,7-9,16H2,1-2H3. The molecule has 3 nitrogen and oxygen atoms in total. The number of likely N-dealkylation sites (tertiary alicyclic amines) is 1. The summed E-state index contributed by atoms with van der Waals surface area (Å²) in [7, 11) is 0. The number of carbonyl (C=O) groups excluding carboxylic acids is 1. The third kappa shape index (κ3) is 2.70. The Balaban J connectivity index is 2.06. The fraction of sp³-hybridized carbons (Fsp3) is 0.500. The molecule has 1 fully saturated rings. The summed E-state index contributed by atoms with van der Waals surface area (Å²) < 4.78 is 12.8. The molecule has 0 saturated carbocycles. The molecule has 1 aromatic carbocycles. The van der Waals surface area contributed by atoms with Crippen LogP contribution >= 0.6 is 0 Å². The zero-order valence-corrected chi connectivity index (χ0v) is 10.8. The quantitative estimate of drug-likeness (QED) is 0.868. The molecule has 98 valence electrons. The van der Waals surface area contributed by atoms with Crippen LogP contribution in [-0.4, -0.2) is 28.9 Å². The highest BCUT2D eigenvalue weighted by Gasteiger charge is 2.39. The molecule has 1 unspecified atom stereocenters. The van der Waals surface area contributed by atoms with Gasteiger partial charge in [-0.05, 0) is 38.0 Å². The summed E-state index contributed by atoms with van der Waals surface area (Å²) in [6.07, 6.45) is 1.12. The Morgan fingerprint density at radius 3 is 2.56 bits per heavy atom. The molecule has 1 amide bonds. The van der Waals surface area contributed by atoms with Gasteiger partial charge in [0.2, 0.25) is 5.91 Å². The molecule has 1 heterocycles. The van der Waals surface area contributed by atoms with Crippen molar-refractivity contribution in [2.24, 2.45) is 5.73 Å². The Morgan fingerprint density at radius 2 is 2.06 bits per heavy atom. The van der Waals surface area contributed by atoms with E-state index in [-0.39, 0.29) is 23.3 Å². The molecule has 1 aliphatic heterocycles. The molecule has 0 bridgehead atoms. The van der Waals surface area contributed by atoms with Crippen LogP contribution in [0.3, 0.4) is 0 Å². The first-order valence-corrected chi connectivity index (χ1v) is 6.19. The van der Waals surface area contributed by atoms with E-state index in [4.69, 9.17) is 5.73 Å². The predicted octanol–water partition coefficient (Wildman–Crippen LogP) is 1.71. The van der Waals surface area contributed by atoms with Crippen molar-refractivity contribution in [3.05, 3.63) is 35.6 Å². The van der Waals surface area contributed by atoms with Crippen LogP contribution in [0.15, 0.2) is 24.3 Å². The van der Waals surface area contributed by atoms with Gasteiger partial charge in [0.15, 0.2) is 0 Å². The molecule has 0 aromatic heterocycles. The van der Waals surface area contributed by atoms with Gasteiger partial charge in [0.05, 0.1) is 6.42 Å². The lowest BCUT2D eigenvalue weighted by molar-refractivity contribution is -0.133. The summed E-state index contributed by atoms with van der Waals surface area (Å²) in [5.74, 6) is -0.228. The summed E-state index contributed by atoms with van der Waals surface area (Å²) in [6, 6.07) is 6.11. The highest BCUT2D eigenvalue weighted by molar-refractivity contribution is 5.80. The van der Waals surface area contributed by atoms with Crippen LogP contribution in [0.5, 0.6) is 0 Å². The minimum Gasteiger partial charge on any atom is -0.336 e. The zero-order chi connectivity index (χ0) is 13.3. The van der Waals surface area contributed by atoms with Gasteiger partial charge < -0.3 is 10.6 Å². The van der Waals surface area contributed by atoms with Gasteiger partial charge in [0, 0.05) is 18.1 Å². The smallest absolute Gasteiger partial charge is 0.227 e. The summed E-state index contributed by atoms with van der Waals surface area (Å²) in [5.41, 5.74) is 6.56. The molecule has 18 heavy (non-hydrogen) atoms. The highest BCUT2D eigenvalue weighted by Crippen LogP contribution is 2.28. The first-order chi connectivity index (χ1) is 8.38. The highest BCUT2D eigenvalue weighted by atomic mass is 19.1. The molecular weight excluding hydrogens is 231 g/mol. The Bertz CT molecular complexity index is 442. The van der Waals surface area contributed by atoms with Crippen LogP contribution in [0.1, 0.15) is 25.8 Å². The van der Waals surface area contributed by atoms with Gasteiger partial charge in [-0.15, -0.1) is 0 Å². The Kier molecular flexibility index (Phi) is 3.39. The van der Waals surface area contributed by atoms with E-state index in [1.54, 1.807) is 12.1 Å². The fourth-order valence-corrected chi connectivity index (χ4v) is 2.61. The first kappa shape index (κ1) is 13.0. The van der Waals surface area contributed by atoms with Crippen molar-refractivity contribution in [1.29, 1.82) is 0 Å². The maximum absolute atomic E-state index is 12.8. The maximum Gasteiger partial charge on any atom is 0.227 e. The lowest BCUT2D eigenvalue weighted by Gasteiger charge is -2.31. The van der Waals surface area contributed by atoms with Crippen LogP contribution in [-0.2, 0) is 11.2 Å². The number of hydrogen-bond donors (Lipinski definition) is 1. The molecule has 1 atom stereocenters. The average molecular weight is 250 g/mol. The van der Waals surface area contributed by atoms with Gasteiger partial charge in [0.25, 0.3) is 0 Å². The topological polar surface area (TPSA) is 46.3 Å². The number of rotatable bonds is 2. The van der Waals surface area contributed by atoms with Gasteiger partial charge in [-0.2, -0.15) is 0 Å². The summed E-state index contributed by atoms with van der Waals surface area (Å²) >= 11 is 0. The van der Waals surface area contributed by atoms with E-state index in [1.807, 2.05) is 18.7 Å². The van der Waals surface area contributed by atoms with E-state index in [2.05, 4.69) is 0 Å². The predicted molar refractivity (Wildman–Crippen MR) is 68.5 cm³/mol. The minimum absolute atomic E-state index is 0.0529. The van der Waals surface area contributed by atoms with Crippen LogP contribution < -0.4 is 5.73 Å². The second-order valence-electron chi connectivity index (χ2n) is 5.58. The SMILES string of the molecule is CC1(C)CC(N)CN1C(=O)Cc1ccc(F)cc1. The van der Waals surface area contributed by atoms with E-state index in [1.165, 1.54) is 12.1 Å². The third-order valence-electron chi connectivity index (χ3n) is 3.48. The molecule has 4 heteroatoms. The number of nitrogens with two attached hydrogens (primary N) is 1. The van der Waals surface area contributed by atoms with Crippen LogP contribution in [0.2, 0.25) is 0 Å². The lowest BCUT2D eigenvalue weighted by Crippen LogP contribution is -2.43. The average Bonchev–Trinajstić information content (AvgIpc) is 2.55. The molecule has 2 N–H and O–H groups in total. The number of amides is 1. The van der Waals surface area contributed by atoms with E-state index < -0.39 is 0 Å². The lowest BCUT2D eigenvalue weighted by atomic mass is 10.00. The normalized spacial score (nSPS) is 22.2. The van der Waals surface area contributed by atoms with E-state index >= 15 is 0 Å². The van der Waals surface area contributed by atoms with Crippen molar-refractivity contribution in [2.45, 2.75) is 38.3 Å². The number of carbonyl (C=O) groups is 1. The molecule has 0 spiro atoms. The summed E-state index contributed by atoms with van der Waals surface area (Å²) in [6.45, 7) is 4.66. The molecule has 0 aliphatic carbocycles. The van der Waals surface area contributed by atoms with Crippen molar-refractivity contribution in [3.8, 4) is 0 Å².